The molecular formula is C26H20ClF11N6O2. The van der Waals surface area contributed by atoms with Gasteiger partial charge in [-0.25, -0.2) is 22.5 Å². The molecule has 250 valence electrons. The standard InChI is InChI=1S/C26H20ClF11N6O2/c1-21(2,29)23(30,26(36,37)38)20(28)25(34,35)46-18-16(24(31,32)33)19(43(3)42-18)44-10-13(9-40-44)12-4-5-15(27)14(8-12)17(45)41-22(11-39)6-7-22/h4-5,8-10,20H,6-7H2,1-3H3,(H,41,45). The summed E-state index contributed by atoms with van der Waals surface area (Å²) < 4.78 is 160. The summed E-state index contributed by atoms with van der Waals surface area (Å²) in [5, 5.41) is 18.5. The Bertz CT molecular complexity index is 1680. The van der Waals surface area contributed by atoms with Crippen molar-refractivity contribution in [2.75, 3.05) is 0 Å². The van der Waals surface area contributed by atoms with Gasteiger partial charge in [0.25, 0.3) is 17.5 Å². The molecule has 1 amide bonds. The number of aryl methyl sites for hydroxylation is 1. The summed E-state index contributed by atoms with van der Waals surface area (Å²) in [5.41, 5.74) is -13.5. The highest BCUT2D eigenvalue weighted by molar-refractivity contribution is 6.34. The van der Waals surface area contributed by atoms with Crippen LogP contribution in [-0.4, -0.2) is 60.8 Å². The quantitative estimate of drug-likeness (QED) is 0.242. The summed E-state index contributed by atoms with van der Waals surface area (Å²) in [5.74, 6) is -4.06. The lowest BCUT2D eigenvalue weighted by atomic mass is 9.83. The topological polar surface area (TPSA) is 97.8 Å². The molecule has 46 heavy (non-hydrogen) atoms. The van der Waals surface area contributed by atoms with Crippen LogP contribution in [0.2, 0.25) is 5.02 Å². The third-order valence-corrected chi connectivity index (χ3v) is 7.41. The fourth-order valence-electron chi connectivity index (χ4n) is 4.41. The predicted octanol–water partition coefficient (Wildman–Crippen LogP) is 7.06. The molecule has 1 saturated carbocycles. The van der Waals surface area contributed by atoms with Crippen LogP contribution in [0, 0.1) is 11.3 Å². The Morgan fingerprint density at radius 2 is 1.70 bits per heavy atom. The molecular weight excluding hydrogens is 673 g/mol. The van der Waals surface area contributed by atoms with E-state index in [1.807, 2.05) is 6.07 Å². The maximum Gasteiger partial charge on any atom is 0.434 e. The molecule has 0 spiro atoms. The van der Waals surface area contributed by atoms with Crippen LogP contribution >= 0.6 is 11.6 Å². The first-order valence-corrected chi connectivity index (χ1v) is 13.1. The number of amides is 1. The third-order valence-electron chi connectivity index (χ3n) is 7.08. The summed E-state index contributed by atoms with van der Waals surface area (Å²) in [4.78, 5) is 12.7. The number of benzene rings is 1. The van der Waals surface area contributed by atoms with E-state index in [0.717, 1.165) is 19.4 Å². The summed E-state index contributed by atoms with van der Waals surface area (Å²) in [7, 11) is 0.761. The fourth-order valence-corrected chi connectivity index (χ4v) is 4.61. The van der Waals surface area contributed by atoms with Crippen LogP contribution < -0.4 is 10.1 Å². The molecule has 1 fully saturated rings. The van der Waals surface area contributed by atoms with Crippen molar-refractivity contribution in [1.82, 2.24) is 24.9 Å². The Balaban J connectivity index is 1.73. The van der Waals surface area contributed by atoms with Crippen LogP contribution in [0.4, 0.5) is 48.3 Å². The van der Waals surface area contributed by atoms with E-state index in [2.05, 4.69) is 20.3 Å². The predicted molar refractivity (Wildman–Crippen MR) is 136 cm³/mol. The molecule has 1 aliphatic carbocycles. The summed E-state index contributed by atoms with van der Waals surface area (Å²) in [6.45, 7) is -0.380. The summed E-state index contributed by atoms with van der Waals surface area (Å²) in [6, 6.07) is 5.80. The maximum atomic E-state index is 14.7. The Labute approximate surface area is 256 Å². The molecule has 1 aromatic carbocycles. The molecule has 8 nitrogen and oxygen atoms in total. The van der Waals surface area contributed by atoms with E-state index in [4.69, 9.17) is 11.6 Å². The largest absolute Gasteiger partial charge is 0.434 e. The molecule has 1 N–H and O–H groups in total. The first-order valence-electron chi connectivity index (χ1n) is 12.8. The molecule has 0 bridgehead atoms. The fraction of sp³-hybridized carbons (Fsp3) is 0.462. The minimum absolute atomic E-state index is 0.0237. The van der Waals surface area contributed by atoms with Crippen LogP contribution in [0.3, 0.4) is 0 Å². The molecule has 0 aliphatic heterocycles. The van der Waals surface area contributed by atoms with Gasteiger partial charge in [0.05, 0.1) is 22.9 Å². The zero-order valence-corrected chi connectivity index (χ0v) is 24.2. The molecule has 20 heteroatoms. The Kier molecular flexibility index (Phi) is 8.33. The number of nitriles is 1. The average molecular weight is 693 g/mol. The van der Waals surface area contributed by atoms with Crippen molar-refractivity contribution in [2.24, 2.45) is 7.05 Å². The number of ether oxygens (including phenoxy) is 1. The molecule has 1 aliphatic rings. The molecule has 3 aromatic rings. The molecule has 2 heterocycles. The van der Waals surface area contributed by atoms with Gasteiger partial charge in [-0.15, -0.1) is 5.10 Å². The number of carbonyl (C=O) groups is 1. The van der Waals surface area contributed by atoms with Crippen molar-refractivity contribution >= 4 is 17.5 Å². The first kappa shape index (κ1) is 34.8. The van der Waals surface area contributed by atoms with E-state index in [1.165, 1.54) is 18.2 Å². The Morgan fingerprint density at radius 1 is 1.09 bits per heavy atom. The minimum atomic E-state index is -6.59. The zero-order valence-electron chi connectivity index (χ0n) is 23.5. The lowest BCUT2D eigenvalue weighted by molar-refractivity contribution is -0.341. The number of carbonyl (C=O) groups excluding carboxylic acids is 1. The highest BCUT2D eigenvalue weighted by atomic mass is 35.5. The number of rotatable bonds is 9. The van der Waals surface area contributed by atoms with Gasteiger partial charge in [-0.2, -0.15) is 45.5 Å². The second kappa shape index (κ2) is 11.0. The second-order valence-corrected chi connectivity index (χ2v) is 11.3. The Morgan fingerprint density at radius 3 is 2.20 bits per heavy atom. The summed E-state index contributed by atoms with van der Waals surface area (Å²) in [6.07, 6.45) is -20.8. The van der Waals surface area contributed by atoms with Crippen molar-refractivity contribution in [3.8, 4) is 28.9 Å². The molecule has 0 radical (unpaired) electrons. The van der Waals surface area contributed by atoms with Crippen molar-refractivity contribution in [1.29, 1.82) is 5.26 Å². The van der Waals surface area contributed by atoms with E-state index in [-0.39, 0.29) is 40.2 Å². The van der Waals surface area contributed by atoms with Crippen molar-refractivity contribution in [3.05, 3.63) is 46.7 Å². The third kappa shape index (κ3) is 6.06. The van der Waals surface area contributed by atoms with Crippen LogP contribution in [0.1, 0.15) is 42.6 Å². The molecule has 2 unspecified atom stereocenters. The molecule has 0 saturated heterocycles. The lowest BCUT2D eigenvalue weighted by Gasteiger charge is -2.39. The number of halogens is 12. The van der Waals surface area contributed by atoms with Crippen molar-refractivity contribution in [3.63, 3.8) is 0 Å². The van der Waals surface area contributed by atoms with Gasteiger partial charge in [0, 0.05) is 18.8 Å². The number of hydrogen-bond acceptors (Lipinski definition) is 5. The van der Waals surface area contributed by atoms with Gasteiger partial charge in [0.15, 0.2) is 17.1 Å². The van der Waals surface area contributed by atoms with Crippen LogP contribution in [0.25, 0.3) is 16.9 Å². The summed E-state index contributed by atoms with van der Waals surface area (Å²) >= 11 is 6.11. The van der Waals surface area contributed by atoms with Gasteiger partial charge in [0.1, 0.15) is 5.54 Å². The van der Waals surface area contributed by atoms with Gasteiger partial charge in [-0.1, -0.05) is 17.7 Å². The average Bonchev–Trinajstić information content (AvgIpc) is 3.36. The van der Waals surface area contributed by atoms with Crippen LogP contribution in [0.5, 0.6) is 5.88 Å². The van der Waals surface area contributed by atoms with Gasteiger partial charge >= 0.3 is 18.5 Å². The zero-order chi connectivity index (χ0) is 34.8. The maximum absolute atomic E-state index is 14.7. The van der Waals surface area contributed by atoms with Crippen LogP contribution in [0.15, 0.2) is 30.6 Å². The van der Waals surface area contributed by atoms with E-state index in [1.54, 1.807) is 0 Å². The van der Waals surface area contributed by atoms with Crippen molar-refractivity contribution < 1.29 is 57.8 Å². The minimum Gasteiger partial charge on any atom is -0.410 e. The second-order valence-electron chi connectivity index (χ2n) is 10.8. The monoisotopic (exact) mass is 692 g/mol. The SMILES string of the molecule is Cn1nc(OC(F)(F)C(F)C(F)(C(C)(C)F)C(F)(F)F)c(C(F)(F)F)c1-n1cc(-c2ccc(Cl)c(C(=O)NC3(C#N)CC3)c2)cn1. The van der Waals surface area contributed by atoms with Crippen molar-refractivity contribution in [2.45, 2.75) is 68.2 Å². The molecule has 2 aromatic heterocycles. The smallest absolute Gasteiger partial charge is 0.410 e. The van der Waals surface area contributed by atoms with E-state index < -0.39 is 64.7 Å². The van der Waals surface area contributed by atoms with E-state index >= 15 is 0 Å². The van der Waals surface area contributed by atoms with E-state index in [9.17, 15) is 58.4 Å². The lowest BCUT2D eigenvalue weighted by Crippen LogP contribution is -2.66. The highest BCUT2D eigenvalue weighted by Crippen LogP contribution is 2.52. The number of alkyl halides is 11. The number of aromatic nitrogens is 4. The van der Waals surface area contributed by atoms with Gasteiger partial charge in [-0.05, 0) is 44.4 Å². The van der Waals surface area contributed by atoms with Gasteiger partial charge < -0.3 is 10.1 Å². The van der Waals surface area contributed by atoms with Crippen LogP contribution in [-0.2, 0) is 13.2 Å². The number of nitrogens with one attached hydrogen (secondary N) is 1. The number of nitrogens with zero attached hydrogens (tertiary/aromatic N) is 5. The molecule has 2 atom stereocenters. The van der Waals surface area contributed by atoms with Gasteiger partial charge in [0.2, 0.25) is 6.17 Å². The van der Waals surface area contributed by atoms with E-state index in [0.29, 0.717) is 17.5 Å². The normalized spacial score (nSPS) is 17.2. The van der Waals surface area contributed by atoms with Gasteiger partial charge in [-0.3, -0.25) is 4.79 Å². The number of hydrogen-bond donors (Lipinski definition) is 1. The Hall–Kier alpha value is -4.08. The first-order chi connectivity index (χ1) is 20.9. The highest BCUT2D eigenvalue weighted by Gasteiger charge is 2.77. The molecule has 4 rings (SSSR count).